The standard InChI is InChI=1S/C19H12FN3O2/c20-14-4-1-12(2-5-14)16-10-15(22-19-21-7-8-23(16)19)13-3-6-17-18(9-13)25-11-24-17/h1-10H,11H2. The molecule has 0 amide bonds. The molecule has 0 aliphatic carbocycles. The predicted octanol–water partition coefficient (Wildman–Crippen LogP) is 3.93. The molecule has 0 atom stereocenters. The maximum Gasteiger partial charge on any atom is 0.234 e. The molecule has 0 radical (unpaired) electrons. The molecule has 1 aliphatic rings. The number of imidazole rings is 1. The number of benzene rings is 2. The Morgan fingerprint density at radius 1 is 0.920 bits per heavy atom. The van der Waals surface area contributed by atoms with E-state index >= 15 is 0 Å². The molecule has 0 saturated heterocycles. The number of rotatable bonds is 2. The first kappa shape index (κ1) is 14.0. The van der Waals surface area contributed by atoms with E-state index < -0.39 is 0 Å². The van der Waals surface area contributed by atoms with Crippen molar-refractivity contribution in [1.29, 1.82) is 0 Å². The fraction of sp³-hybridized carbons (Fsp3) is 0.0526. The molecule has 5 nitrogen and oxygen atoms in total. The van der Waals surface area contributed by atoms with E-state index in [0.29, 0.717) is 11.5 Å². The van der Waals surface area contributed by atoms with E-state index in [2.05, 4.69) is 9.97 Å². The normalized spacial score (nSPS) is 12.7. The summed E-state index contributed by atoms with van der Waals surface area (Å²) in [5.74, 6) is 1.74. The van der Waals surface area contributed by atoms with Gasteiger partial charge in [-0.05, 0) is 54.1 Å². The van der Waals surface area contributed by atoms with Crippen LogP contribution in [0.25, 0.3) is 28.3 Å². The second-order valence-corrected chi connectivity index (χ2v) is 5.70. The van der Waals surface area contributed by atoms with Gasteiger partial charge in [0.2, 0.25) is 12.6 Å². The molecule has 0 N–H and O–H groups in total. The van der Waals surface area contributed by atoms with Crippen molar-refractivity contribution < 1.29 is 13.9 Å². The zero-order chi connectivity index (χ0) is 16.8. The Morgan fingerprint density at radius 3 is 2.60 bits per heavy atom. The van der Waals surface area contributed by atoms with Crippen molar-refractivity contribution in [2.45, 2.75) is 0 Å². The summed E-state index contributed by atoms with van der Waals surface area (Å²) in [6.45, 7) is 0.229. The first-order valence-electron chi connectivity index (χ1n) is 7.78. The largest absolute Gasteiger partial charge is 0.454 e. The quantitative estimate of drug-likeness (QED) is 0.558. The zero-order valence-corrected chi connectivity index (χ0v) is 13.0. The van der Waals surface area contributed by atoms with Gasteiger partial charge in [0.25, 0.3) is 0 Å². The maximum absolute atomic E-state index is 13.3. The van der Waals surface area contributed by atoms with Crippen LogP contribution in [-0.4, -0.2) is 21.2 Å². The lowest BCUT2D eigenvalue weighted by Crippen LogP contribution is -1.97. The summed E-state index contributed by atoms with van der Waals surface area (Å²) >= 11 is 0. The maximum atomic E-state index is 13.3. The van der Waals surface area contributed by atoms with Crippen LogP contribution >= 0.6 is 0 Å². The first-order valence-corrected chi connectivity index (χ1v) is 7.78. The van der Waals surface area contributed by atoms with Gasteiger partial charge >= 0.3 is 0 Å². The van der Waals surface area contributed by atoms with E-state index in [9.17, 15) is 4.39 Å². The van der Waals surface area contributed by atoms with E-state index in [1.165, 1.54) is 12.1 Å². The lowest BCUT2D eigenvalue weighted by atomic mass is 10.1. The van der Waals surface area contributed by atoms with E-state index in [0.717, 1.165) is 28.3 Å². The first-order chi connectivity index (χ1) is 12.3. The molecule has 0 spiro atoms. The number of aromatic nitrogens is 3. The van der Waals surface area contributed by atoms with Crippen molar-refractivity contribution in [3.63, 3.8) is 0 Å². The summed E-state index contributed by atoms with van der Waals surface area (Å²) < 4.78 is 26.0. The fourth-order valence-corrected chi connectivity index (χ4v) is 2.95. The minimum Gasteiger partial charge on any atom is -0.454 e. The van der Waals surface area contributed by atoms with Crippen molar-refractivity contribution >= 4 is 5.78 Å². The van der Waals surface area contributed by atoms with E-state index in [1.807, 2.05) is 34.9 Å². The molecule has 25 heavy (non-hydrogen) atoms. The highest BCUT2D eigenvalue weighted by atomic mass is 19.1. The summed E-state index contributed by atoms with van der Waals surface area (Å²) in [6, 6.07) is 14.0. The van der Waals surface area contributed by atoms with Gasteiger partial charge in [0.15, 0.2) is 11.5 Å². The molecule has 0 unspecified atom stereocenters. The topological polar surface area (TPSA) is 48.7 Å². The summed E-state index contributed by atoms with van der Waals surface area (Å²) in [4.78, 5) is 8.92. The Balaban J connectivity index is 1.71. The Bertz CT molecular complexity index is 1090. The van der Waals surface area contributed by atoms with E-state index in [4.69, 9.17) is 9.47 Å². The smallest absolute Gasteiger partial charge is 0.234 e. The monoisotopic (exact) mass is 333 g/mol. The van der Waals surface area contributed by atoms with E-state index in [1.54, 1.807) is 18.3 Å². The van der Waals surface area contributed by atoms with Crippen LogP contribution in [0.5, 0.6) is 11.5 Å². The SMILES string of the molecule is Fc1ccc(-c2cc(-c3ccc4c(c3)OCO4)nc3nccn23)cc1. The third-order valence-corrected chi connectivity index (χ3v) is 4.18. The molecule has 4 aromatic rings. The second-order valence-electron chi connectivity index (χ2n) is 5.70. The van der Waals surface area contributed by atoms with Gasteiger partial charge in [0.1, 0.15) is 5.82 Å². The summed E-state index contributed by atoms with van der Waals surface area (Å²) in [5, 5.41) is 0. The summed E-state index contributed by atoms with van der Waals surface area (Å²) in [7, 11) is 0. The van der Waals surface area contributed by atoms with Gasteiger partial charge in [-0.2, -0.15) is 0 Å². The highest BCUT2D eigenvalue weighted by Crippen LogP contribution is 2.36. The lowest BCUT2D eigenvalue weighted by Gasteiger charge is -2.09. The number of hydrogen-bond donors (Lipinski definition) is 0. The van der Waals surface area contributed by atoms with Crippen molar-refractivity contribution in [3.05, 3.63) is 66.7 Å². The third-order valence-electron chi connectivity index (χ3n) is 4.18. The number of hydrogen-bond acceptors (Lipinski definition) is 4. The number of halogens is 1. The number of nitrogens with zero attached hydrogens (tertiary/aromatic N) is 3. The molecule has 0 saturated carbocycles. The molecule has 6 heteroatoms. The van der Waals surface area contributed by atoms with E-state index in [-0.39, 0.29) is 12.6 Å². The van der Waals surface area contributed by atoms with Crippen molar-refractivity contribution in [2.24, 2.45) is 0 Å². The zero-order valence-electron chi connectivity index (χ0n) is 13.0. The molecule has 2 aromatic heterocycles. The Labute approximate surface area is 142 Å². The molecule has 2 aromatic carbocycles. The highest BCUT2D eigenvalue weighted by Gasteiger charge is 2.16. The molecule has 0 fully saturated rings. The molecule has 5 rings (SSSR count). The van der Waals surface area contributed by atoms with Gasteiger partial charge in [0, 0.05) is 18.0 Å². The van der Waals surface area contributed by atoms with Crippen molar-refractivity contribution in [2.75, 3.05) is 6.79 Å². The van der Waals surface area contributed by atoms with Gasteiger partial charge in [-0.25, -0.2) is 14.4 Å². The number of ether oxygens (including phenoxy) is 2. The summed E-state index contributed by atoms with van der Waals surface area (Å²) in [6.07, 6.45) is 3.53. The van der Waals surface area contributed by atoms with Crippen LogP contribution in [0.2, 0.25) is 0 Å². The van der Waals surface area contributed by atoms with Gasteiger partial charge in [-0.3, -0.25) is 4.40 Å². The van der Waals surface area contributed by atoms with Crippen LogP contribution in [0, 0.1) is 5.82 Å². The molecular weight excluding hydrogens is 321 g/mol. The van der Waals surface area contributed by atoms with Gasteiger partial charge < -0.3 is 9.47 Å². The Morgan fingerprint density at radius 2 is 1.72 bits per heavy atom. The van der Waals surface area contributed by atoms with Crippen LogP contribution in [0.4, 0.5) is 4.39 Å². The summed E-state index contributed by atoms with van der Waals surface area (Å²) in [5.41, 5.74) is 3.43. The second kappa shape index (κ2) is 5.31. The minimum atomic E-state index is -0.268. The van der Waals surface area contributed by atoms with Crippen LogP contribution in [0.15, 0.2) is 60.9 Å². The van der Waals surface area contributed by atoms with Gasteiger partial charge in [-0.15, -0.1) is 0 Å². The highest BCUT2D eigenvalue weighted by molar-refractivity contribution is 5.72. The average Bonchev–Trinajstić information content (AvgIpc) is 3.29. The molecule has 1 aliphatic heterocycles. The van der Waals surface area contributed by atoms with Crippen LogP contribution in [0.1, 0.15) is 0 Å². The van der Waals surface area contributed by atoms with Crippen LogP contribution in [-0.2, 0) is 0 Å². The minimum absolute atomic E-state index is 0.229. The van der Waals surface area contributed by atoms with Crippen molar-refractivity contribution in [3.8, 4) is 34.0 Å². The van der Waals surface area contributed by atoms with Crippen LogP contribution < -0.4 is 9.47 Å². The molecule has 3 heterocycles. The number of fused-ring (bicyclic) bond motifs is 2. The Kier molecular flexibility index (Phi) is 2.97. The van der Waals surface area contributed by atoms with Gasteiger partial charge in [-0.1, -0.05) is 0 Å². The van der Waals surface area contributed by atoms with Crippen LogP contribution in [0.3, 0.4) is 0 Å². The molecule has 0 bridgehead atoms. The lowest BCUT2D eigenvalue weighted by molar-refractivity contribution is 0.174. The predicted molar refractivity (Wildman–Crippen MR) is 89.9 cm³/mol. The third kappa shape index (κ3) is 2.30. The van der Waals surface area contributed by atoms with Crippen molar-refractivity contribution in [1.82, 2.24) is 14.4 Å². The fourth-order valence-electron chi connectivity index (χ4n) is 2.95. The Hall–Kier alpha value is -3.41. The average molecular weight is 333 g/mol. The molecular formula is C19H12FN3O2. The van der Waals surface area contributed by atoms with Gasteiger partial charge in [0.05, 0.1) is 11.4 Å². The molecule has 122 valence electrons.